The Morgan fingerprint density at radius 1 is 1.00 bits per heavy atom. The normalized spacial score (nSPS) is 14.9. The van der Waals surface area contributed by atoms with Crippen LogP contribution >= 0.6 is 0 Å². The first kappa shape index (κ1) is 21.1. The van der Waals surface area contributed by atoms with Crippen molar-refractivity contribution in [2.24, 2.45) is 5.73 Å². The van der Waals surface area contributed by atoms with Gasteiger partial charge in [-0.25, -0.2) is 18.2 Å². The van der Waals surface area contributed by atoms with E-state index in [1.54, 1.807) is 0 Å². The van der Waals surface area contributed by atoms with Crippen LogP contribution in [0.15, 0.2) is 24.3 Å². The number of rotatable bonds is 4. The fraction of sp³-hybridized carbons (Fsp3) is 0.353. The smallest absolute Gasteiger partial charge is 0.386 e. The molecule has 0 spiro atoms. The summed E-state index contributed by atoms with van der Waals surface area (Å²) < 4.78 is 81.5. The van der Waals surface area contributed by atoms with Crippen LogP contribution in [0.1, 0.15) is 25.1 Å². The van der Waals surface area contributed by atoms with Gasteiger partial charge in [0.2, 0.25) is 5.60 Å². The summed E-state index contributed by atoms with van der Waals surface area (Å²) in [5, 5.41) is 20.1. The summed E-state index contributed by atoms with van der Waals surface area (Å²) in [5.41, 5.74) is -3.46. The molecule has 0 aliphatic rings. The fourth-order valence-electron chi connectivity index (χ4n) is 2.39. The second kappa shape index (κ2) is 6.77. The van der Waals surface area contributed by atoms with E-state index in [0.717, 1.165) is 19.9 Å². The van der Waals surface area contributed by atoms with Crippen LogP contribution in [0.25, 0.3) is 11.3 Å². The van der Waals surface area contributed by atoms with E-state index in [1.807, 2.05) is 0 Å². The minimum absolute atomic E-state index is 0.389. The topological polar surface area (TPSA) is 79.4 Å². The maximum atomic E-state index is 14.8. The molecule has 10 heteroatoms. The first-order valence-electron chi connectivity index (χ1n) is 7.61. The molecule has 0 fully saturated rings. The van der Waals surface area contributed by atoms with Gasteiger partial charge in [0.25, 0.3) is 0 Å². The van der Waals surface area contributed by atoms with Gasteiger partial charge in [-0.15, -0.1) is 0 Å². The number of nitrogens with zero attached hydrogens (tertiary/aromatic N) is 1. The van der Waals surface area contributed by atoms with Crippen LogP contribution in [-0.4, -0.2) is 27.9 Å². The Hall–Kier alpha value is -2.17. The lowest BCUT2D eigenvalue weighted by Gasteiger charge is -2.30. The molecule has 0 amide bonds. The van der Waals surface area contributed by atoms with Crippen LogP contribution in [0.4, 0.5) is 26.3 Å². The molecule has 1 unspecified atom stereocenters. The fourth-order valence-corrected chi connectivity index (χ4v) is 2.39. The van der Waals surface area contributed by atoms with Gasteiger partial charge in [0.1, 0.15) is 5.69 Å². The molecule has 0 radical (unpaired) electrons. The van der Waals surface area contributed by atoms with Gasteiger partial charge in [-0.2, -0.15) is 13.2 Å². The van der Waals surface area contributed by atoms with Crippen molar-refractivity contribution in [1.82, 2.24) is 4.98 Å². The highest BCUT2D eigenvalue weighted by Crippen LogP contribution is 2.40. The van der Waals surface area contributed by atoms with Crippen LogP contribution < -0.4 is 5.73 Å². The zero-order chi connectivity index (χ0) is 20.8. The Labute approximate surface area is 150 Å². The molecule has 0 saturated carbocycles. The standard InChI is InChI=1S/C17H16F6N2O2/c1-15(2,26)9-6-12(16(27,7-24)17(21,22)23)25-14(13(9)20)8-3-4-10(18)11(19)5-8/h3-6,26-27H,7,24H2,1-2H3. The average molecular weight is 394 g/mol. The van der Waals surface area contributed by atoms with Crippen LogP contribution in [0.5, 0.6) is 0 Å². The van der Waals surface area contributed by atoms with Gasteiger partial charge in [-0.05, 0) is 38.1 Å². The number of aliphatic hydroxyl groups is 2. The molecule has 1 aromatic carbocycles. The summed E-state index contributed by atoms with van der Waals surface area (Å²) in [5.74, 6) is -3.89. The zero-order valence-corrected chi connectivity index (χ0v) is 14.2. The molecule has 0 bridgehead atoms. The maximum Gasteiger partial charge on any atom is 0.424 e. The van der Waals surface area contributed by atoms with E-state index in [1.165, 1.54) is 0 Å². The number of pyridine rings is 1. The SMILES string of the molecule is CC(C)(O)c1cc(C(O)(CN)C(F)(F)F)nc(-c2ccc(F)c(F)c2)c1F. The highest BCUT2D eigenvalue weighted by molar-refractivity contribution is 5.62. The monoisotopic (exact) mass is 394 g/mol. The predicted molar refractivity (Wildman–Crippen MR) is 83.8 cm³/mol. The van der Waals surface area contributed by atoms with E-state index in [0.29, 0.717) is 18.2 Å². The van der Waals surface area contributed by atoms with E-state index in [2.05, 4.69) is 4.98 Å². The van der Waals surface area contributed by atoms with Crippen LogP contribution in [-0.2, 0) is 11.2 Å². The second-order valence-electron chi connectivity index (χ2n) is 6.47. The van der Waals surface area contributed by atoms with Gasteiger partial charge >= 0.3 is 6.18 Å². The zero-order valence-electron chi connectivity index (χ0n) is 14.2. The molecule has 27 heavy (non-hydrogen) atoms. The van der Waals surface area contributed by atoms with Crippen LogP contribution in [0, 0.1) is 17.5 Å². The molecule has 2 aromatic rings. The Kier molecular flexibility index (Phi) is 5.30. The number of hydrogen-bond donors (Lipinski definition) is 3. The Morgan fingerprint density at radius 2 is 1.59 bits per heavy atom. The Morgan fingerprint density at radius 3 is 2.04 bits per heavy atom. The molecule has 148 valence electrons. The third-order valence-corrected chi connectivity index (χ3v) is 4.00. The lowest BCUT2D eigenvalue weighted by molar-refractivity contribution is -0.263. The van der Waals surface area contributed by atoms with Crippen molar-refractivity contribution in [3.63, 3.8) is 0 Å². The van der Waals surface area contributed by atoms with E-state index in [9.17, 15) is 36.6 Å². The van der Waals surface area contributed by atoms with Gasteiger partial charge in [0.05, 0.1) is 11.3 Å². The molecule has 0 aliphatic heterocycles. The van der Waals surface area contributed by atoms with Crippen LogP contribution in [0.3, 0.4) is 0 Å². The molecule has 4 nitrogen and oxygen atoms in total. The molecular formula is C17H16F6N2O2. The van der Waals surface area contributed by atoms with Gasteiger partial charge in [0.15, 0.2) is 17.5 Å². The Bertz CT molecular complexity index is 864. The number of aromatic nitrogens is 1. The maximum absolute atomic E-state index is 14.8. The number of hydrogen-bond acceptors (Lipinski definition) is 4. The highest BCUT2D eigenvalue weighted by Gasteiger charge is 2.55. The predicted octanol–water partition coefficient (Wildman–Crippen LogP) is 3.10. The molecule has 1 heterocycles. The number of nitrogens with two attached hydrogens (primary N) is 1. The summed E-state index contributed by atoms with van der Waals surface area (Å²) in [6, 6.07) is 2.62. The van der Waals surface area contributed by atoms with E-state index >= 15 is 0 Å². The summed E-state index contributed by atoms with van der Waals surface area (Å²) >= 11 is 0. The molecule has 0 saturated heterocycles. The van der Waals surface area contributed by atoms with Gasteiger partial charge in [-0.3, -0.25) is 0 Å². The minimum atomic E-state index is -5.27. The van der Waals surface area contributed by atoms with Crippen molar-refractivity contribution in [3.8, 4) is 11.3 Å². The summed E-state index contributed by atoms with van der Waals surface area (Å²) in [4.78, 5) is 3.47. The first-order valence-corrected chi connectivity index (χ1v) is 7.61. The molecular weight excluding hydrogens is 378 g/mol. The molecule has 2 rings (SSSR count). The quantitative estimate of drug-likeness (QED) is 0.697. The van der Waals surface area contributed by atoms with E-state index in [-0.39, 0.29) is 5.56 Å². The number of alkyl halides is 3. The van der Waals surface area contributed by atoms with Crippen molar-refractivity contribution >= 4 is 0 Å². The van der Waals surface area contributed by atoms with Crippen molar-refractivity contribution in [1.29, 1.82) is 0 Å². The van der Waals surface area contributed by atoms with Crippen molar-refractivity contribution in [2.45, 2.75) is 31.2 Å². The number of halogens is 6. The second-order valence-corrected chi connectivity index (χ2v) is 6.47. The van der Waals surface area contributed by atoms with Gasteiger partial charge in [0, 0.05) is 17.7 Å². The molecule has 4 N–H and O–H groups in total. The van der Waals surface area contributed by atoms with Crippen molar-refractivity contribution in [2.75, 3.05) is 6.54 Å². The molecule has 1 aromatic heterocycles. The largest absolute Gasteiger partial charge is 0.424 e. The average Bonchev–Trinajstić information content (AvgIpc) is 2.54. The van der Waals surface area contributed by atoms with E-state index < -0.39 is 58.3 Å². The summed E-state index contributed by atoms with van der Waals surface area (Å²) in [7, 11) is 0. The molecule has 1 atom stereocenters. The third kappa shape index (κ3) is 3.78. The first-order chi connectivity index (χ1) is 12.2. The molecule has 0 aliphatic carbocycles. The summed E-state index contributed by atoms with van der Waals surface area (Å²) in [6.45, 7) is 0.857. The van der Waals surface area contributed by atoms with E-state index in [4.69, 9.17) is 5.73 Å². The number of benzene rings is 1. The van der Waals surface area contributed by atoms with Gasteiger partial charge in [-0.1, -0.05) is 0 Å². The third-order valence-electron chi connectivity index (χ3n) is 4.00. The van der Waals surface area contributed by atoms with Crippen LogP contribution in [0.2, 0.25) is 0 Å². The van der Waals surface area contributed by atoms with Crippen molar-refractivity contribution < 1.29 is 36.6 Å². The minimum Gasteiger partial charge on any atom is -0.386 e. The summed E-state index contributed by atoms with van der Waals surface area (Å²) in [6.07, 6.45) is -5.27. The van der Waals surface area contributed by atoms with Crippen molar-refractivity contribution in [3.05, 3.63) is 53.0 Å². The lowest BCUT2D eigenvalue weighted by Crippen LogP contribution is -2.49. The Balaban J connectivity index is 2.87. The lowest BCUT2D eigenvalue weighted by atomic mass is 9.90. The van der Waals surface area contributed by atoms with Gasteiger partial charge < -0.3 is 15.9 Å². The highest BCUT2D eigenvalue weighted by atomic mass is 19.4.